The molecule has 3 aromatic rings. The average molecular weight is 406 g/mol. The number of nitrogens with zero attached hydrogens (tertiary/aromatic N) is 4. The van der Waals surface area contributed by atoms with Crippen LogP contribution in [0.3, 0.4) is 0 Å². The number of rotatable bonds is 4. The number of benzene rings is 2. The highest BCUT2D eigenvalue weighted by Crippen LogP contribution is 2.33. The summed E-state index contributed by atoms with van der Waals surface area (Å²) < 4.78 is 47.9. The summed E-state index contributed by atoms with van der Waals surface area (Å²) in [5.74, 6) is 1.40. The molecule has 0 saturated carbocycles. The highest BCUT2D eigenvalue weighted by atomic mass is 32.2. The minimum Gasteiger partial charge on any atom is -0.496 e. The Hall–Kier alpha value is -3.01. The predicted molar refractivity (Wildman–Crippen MR) is 97.8 cm³/mol. The standard InChI is InChI=1S/C18H13F3N4O2S/c1-26-15-5-3-2-4-13(15)16-22-23-17-25(16)24-14(10-28-17)11-6-8-12(9-7-11)27-18(19,20)21/h2-9H,10H2,1H3. The third kappa shape index (κ3) is 3.68. The lowest BCUT2D eigenvalue weighted by molar-refractivity contribution is -0.274. The van der Waals surface area contributed by atoms with Gasteiger partial charge in [0, 0.05) is 5.75 Å². The predicted octanol–water partition coefficient (Wildman–Crippen LogP) is 4.21. The zero-order chi connectivity index (χ0) is 19.7. The van der Waals surface area contributed by atoms with Gasteiger partial charge in [0.25, 0.3) is 0 Å². The van der Waals surface area contributed by atoms with Crippen LogP contribution in [0.25, 0.3) is 11.4 Å². The van der Waals surface area contributed by atoms with E-state index in [4.69, 9.17) is 4.74 Å². The molecule has 0 atom stereocenters. The van der Waals surface area contributed by atoms with Gasteiger partial charge in [0.15, 0.2) is 5.82 Å². The number of thioether (sulfide) groups is 1. The van der Waals surface area contributed by atoms with Gasteiger partial charge < -0.3 is 9.47 Å². The van der Waals surface area contributed by atoms with Crippen molar-refractivity contribution in [2.24, 2.45) is 5.10 Å². The van der Waals surface area contributed by atoms with E-state index in [1.807, 2.05) is 24.3 Å². The minimum absolute atomic E-state index is 0.278. The fraction of sp³-hybridized carbons (Fsp3) is 0.167. The van der Waals surface area contributed by atoms with Gasteiger partial charge in [0.1, 0.15) is 11.5 Å². The fourth-order valence-electron chi connectivity index (χ4n) is 2.72. The van der Waals surface area contributed by atoms with E-state index in [-0.39, 0.29) is 5.75 Å². The smallest absolute Gasteiger partial charge is 0.496 e. The maximum atomic E-state index is 12.3. The Labute approximate surface area is 162 Å². The molecule has 1 aliphatic heterocycles. The Bertz CT molecular complexity index is 1030. The first-order chi connectivity index (χ1) is 13.4. The summed E-state index contributed by atoms with van der Waals surface area (Å²) in [6, 6.07) is 13.0. The molecule has 4 rings (SSSR count). The molecule has 2 heterocycles. The van der Waals surface area contributed by atoms with Crippen molar-refractivity contribution in [3.8, 4) is 22.9 Å². The van der Waals surface area contributed by atoms with Crippen LogP contribution in [0.2, 0.25) is 0 Å². The van der Waals surface area contributed by atoms with Crippen molar-refractivity contribution in [2.45, 2.75) is 11.5 Å². The fourth-order valence-corrected chi connectivity index (χ4v) is 3.55. The molecule has 0 bridgehead atoms. The van der Waals surface area contributed by atoms with E-state index >= 15 is 0 Å². The quantitative estimate of drug-likeness (QED) is 0.650. The average Bonchev–Trinajstić information content (AvgIpc) is 3.10. The summed E-state index contributed by atoms with van der Waals surface area (Å²) in [4.78, 5) is 0. The molecular formula is C18H13F3N4O2S. The van der Waals surface area contributed by atoms with E-state index in [1.165, 1.54) is 23.9 Å². The van der Waals surface area contributed by atoms with Crippen LogP contribution in [0, 0.1) is 0 Å². The summed E-state index contributed by atoms with van der Waals surface area (Å²) in [6.45, 7) is 0. The van der Waals surface area contributed by atoms with Crippen LogP contribution in [0.1, 0.15) is 5.56 Å². The molecule has 0 saturated heterocycles. The Kier molecular flexibility index (Phi) is 4.71. The number of hydrogen-bond acceptors (Lipinski definition) is 6. The summed E-state index contributed by atoms with van der Waals surface area (Å²) in [5.41, 5.74) is 2.11. The molecular weight excluding hydrogens is 393 g/mol. The Morgan fingerprint density at radius 3 is 2.50 bits per heavy atom. The van der Waals surface area contributed by atoms with Gasteiger partial charge in [-0.25, -0.2) is 0 Å². The van der Waals surface area contributed by atoms with E-state index in [0.717, 1.165) is 5.56 Å². The first kappa shape index (κ1) is 18.4. The second-order valence-electron chi connectivity index (χ2n) is 5.73. The second-order valence-corrected chi connectivity index (χ2v) is 6.67. The van der Waals surface area contributed by atoms with Crippen molar-refractivity contribution >= 4 is 17.5 Å². The molecule has 0 N–H and O–H groups in total. The van der Waals surface area contributed by atoms with Gasteiger partial charge in [-0.15, -0.1) is 23.4 Å². The molecule has 0 amide bonds. The van der Waals surface area contributed by atoms with Gasteiger partial charge >= 0.3 is 6.36 Å². The number of alkyl halides is 3. The normalized spacial score (nSPS) is 13.6. The molecule has 0 radical (unpaired) electrons. The zero-order valence-corrected chi connectivity index (χ0v) is 15.3. The van der Waals surface area contributed by atoms with Crippen LogP contribution >= 0.6 is 11.8 Å². The maximum absolute atomic E-state index is 12.3. The van der Waals surface area contributed by atoms with Crippen LogP contribution in [-0.4, -0.2) is 39.8 Å². The number of fused-ring (bicyclic) bond motifs is 1. The summed E-state index contributed by atoms with van der Waals surface area (Å²) >= 11 is 1.44. The molecule has 0 fully saturated rings. The van der Waals surface area contributed by atoms with Crippen molar-refractivity contribution in [2.75, 3.05) is 12.9 Å². The van der Waals surface area contributed by atoms with Crippen LogP contribution in [0.5, 0.6) is 11.5 Å². The summed E-state index contributed by atoms with van der Waals surface area (Å²) in [7, 11) is 1.57. The molecule has 0 unspecified atom stereocenters. The second kappa shape index (κ2) is 7.19. The van der Waals surface area contributed by atoms with Gasteiger partial charge in [-0.3, -0.25) is 0 Å². The number of aromatic nitrogens is 3. The largest absolute Gasteiger partial charge is 0.573 e. The van der Waals surface area contributed by atoms with E-state index in [1.54, 1.807) is 23.9 Å². The summed E-state index contributed by atoms with van der Waals surface area (Å²) in [5, 5.41) is 13.6. The van der Waals surface area contributed by atoms with Gasteiger partial charge in [-0.05, 0) is 42.0 Å². The van der Waals surface area contributed by atoms with Crippen LogP contribution in [-0.2, 0) is 0 Å². The SMILES string of the molecule is COc1ccccc1-c1nnc2n1N=C(c1ccc(OC(F)(F)F)cc1)CS2. The zero-order valence-electron chi connectivity index (χ0n) is 14.5. The molecule has 10 heteroatoms. The number of hydrogen-bond donors (Lipinski definition) is 0. The van der Waals surface area contributed by atoms with Gasteiger partial charge in [0.2, 0.25) is 5.16 Å². The third-order valence-corrected chi connectivity index (χ3v) is 4.87. The lowest BCUT2D eigenvalue weighted by Crippen LogP contribution is -2.17. The molecule has 1 aromatic heterocycles. The molecule has 144 valence electrons. The lowest BCUT2D eigenvalue weighted by Gasteiger charge is -2.15. The van der Waals surface area contributed by atoms with Gasteiger partial charge in [-0.2, -0.15) is 9.78 Å². The van der Waals surface area contributed by atoms with E-state index in [2.05, 4.69) is 20.0 Å². The van der Waals surface area contributed by atoms with E-state index in [9.17, 15) is 13.2 Å². The van der Waals surface area contributed by atoms with Crippen LogP contribution in [0.4, 0.5) is 13.2 Å². The topological polar surface area (TPSA) is 61.5 Å². The molecule has 2 aromatic carbocycles. The van der Waals surface area contributed by atoms with Crippen molar-refractivity contribution in [1.29, 1.82) is 0 Å². The van der Waals surface area contributed by atoms with E-state index < -0.39 is 6.36 Å². The Balaban J connectivity index is 1.68. The number of para-hydroxylation sites is 1. The molecule has 6 nitrogen and oxygen atoms in total. The maximum Gasteiger partial charge on any atom is 0.573 e. The Morgan fingerprint density at radius 2 is 1.79 bits per heavy atom. The Morgan fingerprint density at radius 1 is 1.04 bits per heavy atom. The first-order valence-corrected chi connectivity index (χ1v) is 9.09. The number of halogens is 3. The number of methoxy groups -OCH3 is 1. The first-order valence-electron chi connectivity index (χ1n) is 8.10. The van der Waals surface area contributed by atoms with Crippen molar-refractivity contribution in [1.82, 2.24) is 14.9 Å². The van der Waals surface area contributed by atoms with Crippen LogP contribution < -0.4 is 9.47 Å². The van der Waals surface area contributed by atoms with Crippen molar-refractivity contribution in [3.05, 3.63) is 54.1 Å². The molecule has 0 aliphatic carbocycles. The highest BCUT2D eigenvalue weighted by molar-refractivity contribution is 7.99. The molecule has 28 heavy (non-hydrogen) atoms. The van der Waals surface area contributed by atoms with Gasteiger partial charge in [0.05, 0.1) is 18.4 Å². The van der Waals surface area contributed by atoms with Crippen molar-refractivity contribution in [3.63, 3.8) is 0 Å². The minimum atomic E-state index is -4.72. The summed E-state index contributed by atoms with van der Waals surface area (Å²) in [6.07, 6.45) is -4.72. The van der Waals surface area contributed by atoms with Crippen LogP contribution in [0.15, 0.2) is 58.8 Å². The molecule has 0 spiro atoms. The number of ether oxygens (including phenoxy) is 2. The van der Waals surface area contributed by atoms with E-state index in [0.29, 0.717) is 33.8 Å². The van der Waals surface area contributed by atoms with Crippen molar-refractivity contribution < 1.29 is 22.6 Å². The highest BCUT2D eigenvalue weighted by Gasteiger charge is 2.31. The molecule has 1 aliphatic rings. The monoisotopic (exact) mass is 406 g/mol. The van der Waals surface area contributed by atoms with Gasteiger partial charge in [-0.1, -0.05) is 23.9 Å². The third-order valence-electron chi connectivity index (χ3n) is 3.94. The lowest BCUT2D eigenvalue weighted by atomic mass is 10.1.